The number of furan rings is 1. The van der Waals surface area contributed by atoms with E-state index in [1.54, 1.807) is 13.4 Å². The van der Waals surface area contributed by atoms with Crippen molar-refractivity contribution in [2.45, 2.75) is 36.0 Å². The van der Waals surface area contributed by atoms with Crippen molar-refractivity contribution in [2.24, 2.45) is 5.73 Å². The van der Waals surface area contributed by atoms with Crippen molar-refractivity contribution in [2.75, 3.05) is 7.11 Å². The van der Waals surface area contributed by atoms with Crippen molar-refractivity contribution in [3.05, 3.63) is 47.4 Å². The molecule has 2 unspecified atom stereocenters. The number of hydrogen-bond donors (Lipinski definition) is 1. The van der Waals surface area contributed by atoms with E-state index in [-0.39, 0.29) is 6.04 Å². The van der Waals surface area contributed by atoms with Gasteiger partial charge >= 0.3 is 0 Å². The molecule has 1 aromatic carbocycles. The summed E-state index contributed by atoms with van der Waals surface area (Å²) >= 11 is 1.83. The Morgan fingerprint density at radius 2 is 2.20 bits per heavy atom. The van der Waals surface area contributed by atoms with Gasteiger partial charge in [0, 0.05) is 16.2 Å². The molecule has 1 aromatic heterocycles. The zero-order valence-electron chi connectivity index (χ0n) is 11.8. The van der Waals surface area contributed by atoms with Gasteiger partial charge in [0.2, 0.25) is 0 Å². The Morgan fingerprint density at radius 1 is 1.35 bits per heavy atom. The molecule has 0 fully saturated rings. The second-order valence-corrected chi connectivity index (χ2v) is 6.41. The SMILES string of the molecule is COc1ccc2c(c1)CCC(Sc1ccoc1C)C2N. The van der Waals surface area contributed by atoms with Gasteiger partial charge in [0.05, 0.1) is 13.4 Å². The van der Waals surface area contributed by atoms with Gasteiger partial charge in [-0.3, -0.25) is 0 Å². The minimum Gasteiger partial charge on any atom is -0.497 e. The van der Waals surface area contributed by atoms with E-state index in [9.17, 15) is 0 Å². The highest BCUT2D eigenvalue weighted by molar-refractivity contribution is 8.00. The molecule has 0 saturated carbocycles. The number of thioether (sulfide) groups is 1. The average molecular weight is 289 g/mol. The zero-order chi connectivity index (χ0) is 14.1. The van der Waals surface area contributed by atoms with Crippen LogP contribution >= 0.6 is 11.8 Å². The van der Waals surface area contributed by atoms with Gasteiger partial charge in [0.25, 0.3) is 0 Å². The van der Waals surface area contributed by atoms with Gasteiger partial charge < -0.3 is 14.9 Å². The number of aryl methyl sites for hydroxylation is 2. The Hall–Kier alpha value is -1.39. The fourth-order valence-corrected chi connectivity index (χ4v) is 3.92. The van der Waals surface area contributed by atoms with Crippen LogP contribution < -0.4 is 10.5 Å². The van der Waals surface area contributed by atoms with Crippen molar-refractivity contribution < 1.29 is 9.15 Å². The summed E-state index contributed by atoms with van der Waals surface area (Å²) in [5.41, 5.74) is 9.02. The van der Waals surface area contributed by atoms with Gasteiger partial charge in [0.15, 0.2) is 0 Å². The lowest BCUT2D eigenvalue weighted by Crippen LogP contribution is -2.29. The van der Waals surface area contributed by atoms with Crippen molar-refractivity contribution in [3.63, 3.8) is 0 Å². The monoisotopic (exact) mass is 289 g/mol. The summed E-state index contributed by atoms with van der Waals surface area (Å²) < 4.78 is 10.6. The third kappa shape index (κ3) is 2.45. The van der Waals surface area contributed by atoms with E-state index in [0.29, 0.717) is 5.25 Å². The van der Waals surface area contributed by atoms with Gasteiger partial charge in [-0.25, -0.2) is 0 Å². The van der Waals surface area contributed by atoms with Gasteiger partial charge in [-0.1, -0.05) is 6.07 Å². The molecule has 0 spiro atoms. The van der Waals surface area contributed by atoms with Crippen LogP contribution in [0.3, 0.4) is 0 Å². The van der Waals surface area contributed by atoms with Crippen LogP contribution in [0.4, 0.5) is 0 Å². The van der Waals surface area contributed by atoms with Crippen molar-refractivity contribution >= 4 is 11.8 Å². The fraction of sp³-hybridized carbons (Fsp3) is 0.375. The molecule has 1 aliphatic rings. The molecule has 3 nitrogen and oxygen atoms in total. The normalized spacial score (nSPS) is 21.6. The molecule has 20 heavy (non-hydrogen) atoms. The summed E-state index contributed by atoms with van der Waals surface area (Å²) in [5, 5.41) is 0.396. The molecule has 1 aliphatic carbocycles. The van der Waals surface area contributed by atoms with E-state index in [2.05, 4.69) is 12.1 Å². The highest BCUT2D eigenvalue weighted by atomic mass is 32.2. The lowest BCUT2D eigenvalue weighted by molar-refractivity contribution is 0.413. The molecule has 2 aromatic rings. The van der Waals surface area contributed by atoms with Gasteiger partial charge in [0.1, 0.15) is 11.5 Å². The van der Waals surface area contributed by atoms with Crippen LogP contribution in [0.25, 0.3) is 0 Å². The van der Waals surface area contributed by atoms with Crippen LogP contribution in [0, 0.1) is 6.92 Å². The van der Waals surface area contributed by atoms with E-state index >= 15 is 0 Å². The van der Waals surface area contributed by atoms with Crippen molar-refractivity contribution in [1.82, 2.24) is 0 Å². The highest BCUT2D eigenvalue weighted by Crippen LogP contribution is 2.40. The van der Waals surface area contributed by atoms with Gasteiger partial charge in [-0.2, -0.15) is 0 Å². The van der Waals surface area contributed by atoms with E-state index < -0.39 is 0 Å². The van der Waals surface area contributed by atoms with Gasteiger partial charge in [-0.15, -0.1) is 11.8 Å². The number of benzene rings is 1. The summed E-state index contributed by atoms with van der Waals surface area (Å²) in [6.45, 7) is 2.00. The molecule has 0 radical (unpaired) electrons. The Morgan fingerprint density at radius 3 is 2.90 bits per heavy atom. The van der Waals surface area contributed by atoms with Gasteiger partial charge in [-0.05, 0) is 49.1 Å². The minimum absolute atomic E-state index is 0.0592. The lowest BCUT2D eigenvalue weighted by Gasteiger charge is -2.30. The maximum atomic E-state index is 6.46. The maximum absolute atomic E-state index is 6.46. The predicted molar refractivity (Wildman–Crippen MR) is 81.3 cm³/mol. The molecular formula is C16H19NO2S. The fourth-order valence-electron chi connectivity index (χ4n) is 2.72. The smallest absolute Gasteiger partial charge is 0.119 e. The number of nitrogens with two attached hydrogens (primary N) is 1. The number of fused-ring (bicyclic) bond motifs is 1. The van der Waals surface area contributed by atoms with E-state index in [1.807, 2.05) is 30.8 Å². The molecule has 4 heteroatoms. The van der Waals surface area contributed by atoms with Crippen LogP contribution in [0.2, 0.25) is 0 Å². The largest absolute Gasteiger partial charge is 0.497 e. The minimum atomic E-state index is 0.0592. The first-order valence-electron chi connectivity index (χ1n) is 6.82. The summed E-state index contributed by atoms with van der Waals surface area (Å²) in [7, 11) is 1.70. The number of rotatable bonds is 3. The van der Waals surface area contributed by atoms with E-state index in [0.717, 1.165) is 24.4 Å². The van der Waals surface area contributed by atoms with Crippen molar-refractivity contribution in [3.8, 4) is 5.75 Å². The summed E-state index contributed by atoms with van der Waals surface area (Å²) in [6.07, 6.45) is 3.87. The molecule has 0 aliphatic heterocycles. The second-order valence-electron chi connectivity index (χ2n) is 5.13. The summed E-state index contributed by atoms with van der Waals surface area (Å²) in [5.74, 6) is 1.88. The number of ether oxygens (including phenoxy) is 1. The molecule has 2 N–H and O–H groups in total. The first-order valence-corrected chi connectivity index (χ1v) is 7.70. The first-order chi connectivity index (χ1) is 9.69. The standard InChI is InChI=1S/C16H19NO2S/c1-10-14(7-8-19-10)20-15-6-3-11-9-12(18-2)4-5-13(11)16(15)17/h4-5,7-9,15-16H,3,6,17H2,1-2H3. The van der Waals surface area contributed by atoms with E-state index in [1.165, 1.54) is 16.0 Å². The molecular weight excluding hydrogens is 270 g/mol. The molecule has 1 heterocycles. The third-order valence-electron chi connectivity index (χ3n) is 3.90. The highest BCUT2D eigenvalue weighted by Gasteiger charge is 2.28. The molecule has 0 bridgehead atoms. The quantitative estimate of drug-likeness (QED) is 0.936. The Labute approximate surface area is 123 Å². The Bertz CT molecular complexity index is 608. The third-order valence-corrected chi connectivity index (χ3v) is 5.41. The molecule has 3 rings (SSSR count). The summed E-state index contributed by atoms with van der Waals surface area (Å²) in [4.78, 5) is 1.20. The molecule has 106 valence electrons. The summed E-state index contributed by atoms with van der Waals surface area (Å²) in [6, 6.07) is 8.29. The van der Waals surface area contributed by atoms with Crippen LogP contribution in [-0.4, -0.2) is 12.4 Å². The zero-order valence-corrected chi connectivity index (χ0v) is 12.6. The Balaban J connectivity index is 1.82. The van der Waals surface area contributed by atoms with Crippen LogP contribution in [0.15, 0.2) is 39.8 Å². The van der Waals surface area contributed by atoms with Crippen LogP contribution in [0.5, 0.6) is 5.75 Å². The molecule has 0 saturated heterocycles. The second kappa shape index (κ2) is 5.54. The maximum Gasteiger partial charge on any atom is 0.119 e. The average Bonchev–Trinajstić information content (AvgIpc) is 2.87. The van der Waals surface area contributed by atoms with Crippen molar-refractivity contribution in [1.29, 1.82) is 0 Å². The first kappa shape index (κ1) is 13.6. The Kier molecular flexibility index (Phi) is 3.76. The van der Waals surface area contributed by atoms with Crippen LogP contribution in [0.1, 0.15) is 29.3 Å². The topological polar surface area (TPSA) is 48.4 Å². The number of methoxy groups -OCH3 is 1. The molecule has 0 amide bonds. The van der Waals surface area contributed by atoms with E-state index in [4.69, 9.17) is 14.9 Å². The molecule has 2 atom stereocenters. The predicted octanol–water partition coefficient (Wildman–Crippen LogP) is 3.70. The van der Waals surface area contributed by atoms with Crippen LogP contribution in [-0.2, 0) is 6.42 Å². The number of hydrogen-bond acceptors (Lipinski definition) is 4. The lowest BCUT2D eigenvalue weighted by atomic mass is 9.87.